The van der Waals surface area contributed by atoms with Crippen LogP contribution in [0.3, 0.4) is 0 Å². The number of amides is 2. The highest BCUT2D eigenvalue weighted by molar-refractivity contribution is 7.89. The molecule has 0 aliphatic carbocycles. The molecule has 3 aromatic carbocycles. The highest BCUT2D eigenvalue weighted by atomic mass is 35.5. The molecule has 10 nitrogen and oxygen atoms in total. The van der Waals surface area contributed by atoms with Gasteiger partial charge in [0.2, 0.25) is 10.0 Å². The van der Waals surface area contributed by atoms with Crippen LogP contribution in [0.15, 0.2) is 77.7 Å². The molecule has 0 bridgehead atoms. The summed E-state index contributed by atoms with van der Waals surface area (Å²) in [7, 11) is -2.72. The molecule has 2 aliphatic rings. The maximum Gasteiger partial charge on any atom is 0.420 e. The molecule has 2 saturated heterocycles. The number of rotatable bonds is 10. The zero-order valence-corrected chi connectivity index (χ0v) is 28.6. The number of benzene rings is 3. The first-order valence-corrected chi connectivity index (χ1v) is 17.9. The maximum absolute atomic E-state index is 15.7. The second kappa shape index (κ2) is 15.9. The van der Waals surface area contributed by atoms with E-state index in [-0.39, 0.29) is 40.9 Å². The molecule has 2 fully saturated rings. The number of anilines is 1. The summed E-state index contributed by atoms with van der Waals surface area (Å²) in [5.41, 5.74) is 7.62. The third-order valence-corrected chi connectivity index (χ3v) is 11.6. The van der Waals surface area contributed by atoms with E-state index in [2.05, 4.69) is 5.32 Å². The van der Waals surface area contributed by atoms with Crippen molar-refractivity contribution >= 4 is 39.3 Å². The molecule has 0 saturated carbocycles. The van der Waals surface area contributed by atoms with Gasteiger partial charge in [0.1, 0.15) is 5.82 Å². The van der Waals surface area contributed by atoms with Crippen molar-refractivity contribution in [2.45, 2.75) is 61.5 Å². The predicted molar refractivity (Wildman–Crippen MR) is 182 cm³/mol. The highest BCUT2D eigenvalue weighted by Gasteiger charge is 2.41. The lowest BCUT2D eigenvalue weighted by Gasteiger charge is -2.40. The number of nitrogens with two attached hydrogens (primary N) is 1. The van der Waals surface area contributed by atoms with Gasteiger partial charge in [-0.15, -0.1) is 0 Å². The van der Waals surface area contributed by atoms with Crippen LogP contribution in [0.4, 0.5) is 14.9 Å². The largest absolute Gasteiger partial charge is 0.452 e. The van der Waals surface area contributed by atoms with E-state index < -0.39 is 45.8 Å². The number of halogens is 2. The average molecular weight is 701 g/mol. The van der Waals surface area contributed by atoms with Crippen LogP contribution < -0.4 is 16.0 Å². The molecule has 0 aromatic heterocycles. The third kappa shape index (κ3) is 7.74. The fourth-order valence-corrected chi connectivity index (χ4v) is 8.92. The van der Waals surface area contributed by atoms with Crippen molar-refractivity contribution in [2.24, 2.45) is 11.7 Å². The van der Waals surface area contributed by atoms with Crippen LogP contribution in [0.1, 0.15) is 43.2 Å². The summed E-state index contributed by atoms with van der Waals surface area (Å²) in [6, 6.07) is 17.3. The van der Waals surface area contributed by atoms with Crippen LogP contribution in [0.25, 0.3) is 0 Å². The monoisotopic (exact) mass is 700 g/mol. The molecule has 258 valence electrons. The smallest absolute Gasteiger partial charge is 0.420 e. The number of hydrogen-bond donors (Lipinski definition) is 2. The van der Waals surface area contributed by atoms with Crippen molar-refractivity contribution in [2.75, 3.05) is 38.3 Å². The Balaban J connectivity index is 1.47. The van der Waals surface area contributed by atoms with E-state index in [9.17, 15) is 18.0 Å². The van der Waals surface area contributed by atoms with Crippen molar-refractivity contribution in [1.82, 2.24) is 9.62 Å². The second-order valence-corrected chi connectivity index (χ2v) is 14.6. The molecule has 4 atom stereocenters. The van der Waals surface area contributed by atoms with Crippen LogP contribution >= 0.6 is 11.6 Å². The molecule has 0 radical (unpaired) electrons. The summed E-state index contributed by atoms with van der Waals surface area (Å²) >= 11 is 6.16. The zero-order valence-electron chi connectivity index (χ0n) is 27.1. The molecule has 2 amide bonds. The van der Waals surface area contributed by atoms with E-state index in [1.807, 2.05) is 19.1 Å². The molecule has 0 unspecified atom stereocenters. The number of nitrogens with zero attached hydrogens (tertiary/aromatic N) is 2. The molecular weight excluding hydrogens is 659 g/mol. The maximum atomic E-state index is 15.7. The Labute approximate surface area is 286 Å². The first-order chi connectivity index (χ1) is 23.0. The molecule has 0 spiro atoms. The predicted octanol–water partition coefficient (Wildman–Crippen LogP) is 5.10. The number of hydrogen-bond acceptors (Lipinski definition) is 8. The quantitative estimate of drug-likeness (QED) is 0.299. The van der Waals surface area contributed by atoms with Gasteiger partial charge in [-0.1, -0.05) is 48.0 Å². The molecule has 3 aromatic rings. The third-order valence-electron chi connectivity index (χ3n) is 9.27. The number of sulfonamides is 1. The summed E-state index contributed by atoms with van der Waals surface area (Å²) in [4.78, 5) is 28.7. The fourth-order valence-electron chi connectivity index (χ4n) is 6.92. The molecule has 13 heteroatoms. The van der Waals surface area contributed by atoms with E-state index in [0.29, 0.717) is 44.2 Å². The standard InChI is InChI=1S/C35H42ClFN4O6S/c1-23-21-39-22-27(41(23)48(44,45)28-7-4-3-5-8-28)15-16-29-30(37)9-6-10-31(29)40(35(43)46-2)34(42)33(38)32(25-17-19-47-20-18-25)24-11-13-26(36)14-12-24/h3-14,23,25,27,32-33,39H,15-22,38H2,1-2H3/t23-,27-,32-,33-/m0/s1. The molecule has 48 heavy (non-hydrogen) atoms. The number of piperazine rings is 1. The van der Waals surface area contributed by atoms with Gasteiger partial charge in [-0.25, -0.2) is 22.5 Å². The van der Waals surface area contributed by atoms with Gasteiger partial charge in [-0.2, -0.15) is 4.31 Å². The Morgan fingerprint density at radius 3 is 2.42 bits per heavy atom. The van der Waals surface area contributed by atoms with Crippen LogP contribution in [0, 0.1) is 11.7 Å². The van der Waals surface area contributed by atoms with Crippen LogP contribution in [0.2, 0.25) is 5.02 Å². The number of imide groups is 1. The minimum atomic E-state index is -3.87. The summed E-state index contributed by atoms with van der Waals surface area (Å²) in [5, 5.41) is 3.81. The van der Waals surface area contributed by atoms with Gasteiger partial charge in [0.25, 0.3) is 5.91 Å². The molecule has 5 rings (SSSR count). The lowest BCUT2D eigenvalue weighted by molar-refractivity contribution is -0.120. The number of nitrogens with one attached hydrogen (secondary N) is 1. The number of carbonyl (C=O) groups excluding carboxylic acids is 2. The number of ether oxygens (including phenoxy) is 2. The van der Waals surface area contributed by atoms with Gasteiger partial charge >= 0.3 is 6.09 Å². The first-order valence-electron chi connectivity index (χ1n) is 16.1. The lowest BCUT2D eigenvalue weighted by Crippen LogP contribution is -2.58. The summed E-state index contributed by atoms with van der Waals surface area (Å²) in [6.07, 6.45) is 0.549. The fraction of sp³-hybridized carbons (Fsp3) is 0.429. The van der Waals surface area contributed by atoms with Crippen LogP contribution in [-0.4, -0.2) is 76.3 Å². The van der Waals surface area contributed by atoms with E-state index in [1.54, 1.807) is 42.5 Å². The Bertz CT molecular complexity index is 1670. The highest BCUT2D eigenvalue weighted by Crippen LogP contribution is 2.37. The lowest BCUT2D eigenvalue weighted by atomic mass is 9.76. The summed E-state index contributed by atoms with van der Waals surface area (Å²) in [5.74, 6) is -1.91. The van der Waals surface area contributed by atoms with E-state index >= 15 is 4.39 Å². The first kappa shape index (κ1) is 35.9. The van der Waals surface area contributed by atoms with Gasteiger partial charge < -0.3 is 20.5 Å². The Kier molecular flexibility index (Phi) is 11.9. The van der Waals surface area contributed by atoms with Gasteiger partial charge in [0.15, 0.2) is 0 Å². The minimum absolute atomic E-state index is 0.00147. The van der Waals surface area contributed by atoms with Gasteiger partial charge in [-0.05, 0) is 80.5 Å². The van der Waals surface area contributed by atoms with Crippen molar-refractivity contribution < 1.29 is 31.9 Å². The van der Waals surface area contributed by atoms with Crippen molar-refractivity contribution in [3.63, 3.8) is 0 Å². The summed E-state index contributed by atoms with van der Waals surface area (Å²) < 4.78 is 55.3. The van der Waals surface area contributed by atoms with Crippen LogP contribution in [0.5, 0.6) is 0 Å². The van der Waals surface area contributed by atoms with E-state index in [0.717, 1.165) is 17.6 Å². The van der Waals surface area contributed by atoms with Gasteiger partial charge in [-0.3, -0.25) is 4.79 Å². The Hall–Kier alpha value is -3.39. The van der Waals surface area contributed by atoms with Crippen molar-refractivity contribution in [1.29, 1.82) is 0 Å². The summed E-state index contributed by atoms with van der Waals surface area (Å²) in [6.45, 7) is 3.64. The van der Waals surface area contributed by atoms with E-state index in [4.69, 9.17) is 26.8 Å². The second-order valence-electron chi connectivity index (χ2n) is 12.3. The van der Waals surface area contributed by atoms with Crippen molar-refractivity contribution in [3.8, 4) is 0 Å². The van der Waals surface area contributed by atoms with Crippen molar-refractivity contribution in [3.05, 3.63) is 94.8 Å². The topological polar surface area (TPSA) is 131 Å². The SMILES string of the molecule is COC(=O)N(C(=O)[C@@H](N)[C@@H](c1ccc(Cl)cc1)C1CCOCC1)c1cccc(F)c1CC[C@H]1CNC[C@H](C)N1S(=O)(=O)c1ccccc1. The molecule has 2 heterocycles. The molecule has 3 N–H and O–H groups in total. The van der Waals surface area contributed by atoms with E-state index in [1.165, 1.54) is 22.5 Å². The number of methoxy groups -OCH3 is 1. The van der Waals surface area contributed by atoms with Gasteiger partial charge in [0, 0.05) is 54.9 Å². The Morgan fingerprint density at radius 2 is 1.75 bits per heavy atom. The van der Waals surface area contributed by atoms with Crippen LogP contribution in [-0.2, 0) is 30.7 Å². The number of carbonyl (C=O) groups is 2. The average Bonchev–Trinajstić information content (AvgIpc) is 3.09. The zero-order chi connectivity index (χ0) is 34.4. The Morgan fingerprint density at radius 1 is 1.06 bits per heavy atom. The molecule has 2 aliphatic heterocycles. The minimum Gasteiger partial charge on any atom is -0.452 e. The molecular formula is C35H42ClFN4O6S. The normalized spacial score (nSPS) is 20.5. The van der Waals surface area contributed by atoms with Gasteiger partial charge in [0.05, 0.1) is 23.7 Å².